The number of hydrogen-bond acceptors (Lipinski definition) is 1. The van der Waals surface area contributed by atoms with Crippen LogP contribution in [-0.4, -0.2) is 11.1 Å². The number of carbonyl (C=O) groups is 1. The molecule has 0 aliphatic carbocycles. The van der Waals surface area contributed by atoms with Crippen molar-refractivity contribution in [3.63, 3.8) is 0 Å². The van der Waals surface area contributed by atoms with Crippen molar-refractivity contribution in [3.05, 3.63) is 36.5 Å². The van der Waals surface area contributed by atoms with Crippen molar-refractivity contribution < 1.29 is 9.90 Å². The van der Waals surface area contributed by atoms with Gasteiger partial charge in [-0.05, 0) is 43.4 Å². The van der Waals surface area contributed by atoms with Gasteiger partial charge in [0.15, 0.2) is 0 Å². The monoisotopic (exact) mass is 376 g/mol. The van der Waals surface area contributed by atoms with Gasteiger partial charge in [0, 0.05) is 6.42 Å². The van der Waals surface area contributed by atoms with E-state index in [2.05, 4.69) is 64.2 Å². The molecule has 0 amide bonds. The molecule has 156 valence electrons. The molecule has 0 rings (SSSR count). The molecule has 0 saturated carbocycles. The molecule has 2 nitrogen and oxygen atoms in total. The van der Waals surface area contributed by atoms with Crippen LogP contribution in [0.4, 0.5) is 0 Å². The lowest BCUT2D eigenvalue weighted by molar-refractivity contribution is -0.137. The number of carboxylic acids is 1. The number of aliphatic carboxylic acids is 1. The molecule has 0 fully saturated rings. The third-order valence-electron chi connectivity index (χ3n) is 5.42. The predicted molar refractivity (Wildman–Crippen MR) is 119 cm³/mol. The van der Waals surface area contributed by atoms with Crippen LogP contribution in [0.2, 0.25) is 0 Å². The molecule has 2 heteroatoms. The first-order valence-corrected chi connectivity index (χ1v) is 11.2. The van der Waals surface area contributed by atoms with E-state index in [0.717, 1.165) is 43.9 Å². The van der Waals surface area contributed by atoms with Gasteiger partial charge in [0.2, 0.25) is 0 Å². The Morgan fingerprint density at radius 2 is 1.59 bits per heavy atom. The molecule has 0 aliphatic rings. The molecule has 0 heterocycles. The average molecular weight is 377 g/mol. The van der Waals surface area contributed by atoms with Gasteiger partial charge in [-0.15, -0.1) is 0 Å². The van der Waals surface area contributed by atoms with Gasteiger partial charge in [0.25, 0.3) is 0 Å². The fourth-order valence-corrected chi connectivity index (χ4v) is 3.15. The first kappa shape index (κ1) is 25.7. The van der Waals surface area contributed by atoms with Crippen LogP contribution in [0, 0.1) is 17.8 Å². The number of allylic oxidation sites excluding steroid dienone is 6. The van der Waals surface area contributed by atoms with Crippen LogP contribution in [0.3, 0.4) is 0 Å². The van der Waals surface area contributed by atoms with E-state index in [4.69, 9.17) is 5.11 Å². The largest absolute Gasteiger partial charge is 0.481 e. The Kier molecular flexibility index (Phi) is 17.2. The predicted octanol–water partition coefficient (Wildman–Crippen LogP) is 7.96. The summed E-state index contributed by atoms with van der Waals surface area (Å²) in [6.07, 6.45) is 25.4. The van der Waals surface area contributed by atoms with E-state index >= 15 is 0 Å². The fourth-order valence-electron chi connectivity index (χ4n) is 3.15. The van der Waals surface area contributed by atoms with Crippen LogP contribution in [0.5, 0.6) is 0 Å². The van der Waals surface area contributed by atoms with Gasteiger partial charge in [-0.1, -0.05) is 103 Å². The van der Waals surface area contributed by atoms with E-state index in [1.165, 1.54) is 32.1 Å². The molecule has 0 radical (unpaired) electrons. The van der Waals surface area contributed by atoms with Crippen LogP contribution in [0.25, 0.3) is 0 Å². The molecule has 1 N–H and O–H groups in total. The second kappa shape index (κ2) is 18.1. The Bertz CT molecular complexity index is 434. The van der Waals surface area contributed by atoms with Crippen LogP contribution in [0.15, 0.2) is 36.5 Å². The molecule has 3 atom stereocenters. The number of carboxylic acid groups (broad SMARTS) is 1. The zero-order valence-corrected chi connectivity index (χ0v) is 18.3. The number of rotatable bonds is 17. The fraction of sp³-hybridized carbons (Fsp3) is 0.720. The van der Waals surface area contributed by atoms with Crippen molar-refractivity contribution in [2.75, 3.05) is 0 Å². The van der Waals surface area contributed by atoms with E-state index in [1.807, 2.05) is 0 Å². The first-order valence-electron chi connectivity index (χ1n) is 11.2. The highest BCUT2D eigenvalue weighted by molar-refractivity contribution is 5.66. The Morgan fingerprint density at radius 1 is 0.852 bits per heavy atom. The molecule has 27 heavy (non-hydrogen) atoms. The number of unbranched alkanes of at least 4 members (excludes halogenated alkanes) is 4. The maximum Gasteiger partial charge on any atom is 0.303 e. The summed E-state index contributed by atoms with van der Waals surface area (Å²) in [6.45, 7) is 9.27. The lowest BCUT2D eigenvalue weighted by Crippen LogP contribution is -2.06. The zero-order chi connectivity index (χ0) is 20.3. The Hall–Kier alpha value is -1.31. The quantitative estimate of drug-likeness (QED) is 0.159. The SMILES string of the molecule is CCCCCC(C)C(C)C/C=C\C/C=C\C=C\C(C)CCCCCC(=O)O. The van der Waals surface area contributed by atoms with Gasteiger partial charge in [-0.3, -0.25) is 4.79 Å². The number of hydrogen-bond donors (Lipinski definition) is 1. The minimum atomic E-state index is -0.682. The topological polar surface area (TPSA) is 37.3 Å². The molecule has 0 saturated heterocycles. The van der Waals surface area contributed by atoms with E-state index in [-0.39, 0.29) is 0 Å². The summed E-state index contributed by atoms with van der Waals surface area (Å²) in [4.78, 5) is 10.5. The summed E-state index contributed by atoms with van der Waals surface area (Å²) >= 11 is 0. The van der Waals surface area contributed by atoms with Crippen molar-refractivity contribution in [2.24, 2.45) is 17.8 Å². The van der Waals surface area contributed by atoms with E-state index in [9.17, 15) is 4.79 Å². The molecule has 0 spiro atoms. The molecule has 0 aromatic carbocycles. The van der Waals surface area contributed by atoms with Crippen molar-refractivity contribution in [3.8, 4) is 0 Å². The molecule has 0 bridgehead atoms. The van der Waals surface area contributed by atoms with Gasteiger partial charge in [-0.25, -0.2) is 0 Å². The molecule has 0 aliphatic heterocycles. The lowest BCUT2D eigenvalue weighted by atomic mass is 9.88. The van der Waals surface area contributed by atoms with Crippen LogP contribution >= 0.6 is 0 Å². The van der Waals surface area contributed by atoms with Crippen molar-refractivity contribution in [2.45, 2.75) is 98.3 Å². The molecule has 0 aromatic heterocycles. The van der Waals surface area contributed by atoms with Crippen LogP contribution < -0.4 is 0 Å². The highest BCUT2D eigenvalue weighted by Crippen LogP contribution is 2.21. The van der Waals surface area contributed by atoms with Crippen molar-refractivity contribution in [1.82, 2.24) is 0 Å². The normalized spacial score (nSPS) is 15.7. The third kappa shape index (κ3) is 17.8. The van der Waals surface area contributed by atoms with Crippen molar-refractivity contribution >= 4 is 5.97 Å². The molecule has 0 aromatic rings. The Morgan fingerprint density at radius 3 is 2.30 bits per heavy atom. The molecular weight excluding hydrogens is 332 g/mol. The second-order valence-electron chi connectivity index (χ2n) is 8.18. The highest BCUT2D eigenvalue weighted by atomic mass is 16.4. The standard InChI is InChI=1S/C25H44O2/c1-5-6-12-19-23(3)24(4)20-15-10-8-7-9-13-17-22(2)18-14-11-16-21-25(26)27/h7,9-10,13,15,17,22-24H,5-6,8,11-12,14,16,18-21H2,1-4H3,(H,26,27)/b9-7-,15-10-,17-13+. The maximum absolute atomic E-state index is 10.5. The summed E-state index contributed by atoms with van der Waals surface area (Å²) < 4.78 is 0. The summed E-state index contributed by atoms with van der Waals surface area (Å²) in [7, 11) is 0. The summed E-state index contributed by atoms with van der Waals surface area (Å²) in [5, 5.41) is 8.61. The van der Waals surface area contributed by atoms with E-state index < -0.39 is 5.97 Å². The summed E-state index contributed by atoms with van der Waals surface area (Å²) in [6, 6.07) is 0. The molecular formula is C25H44O2. The minimum Gasteiger partial charge on any atom is -0.481 e. The third-order valence-corrected chi connectivity index (χ3v) is 5.42. The lowest BCUT2D eigenvalue weighted by Gasteiger charge is -2.18. The summed E-state index contributed by atoms with van der Waals surface area (Å²) in [5.74, 6) is 1.48. The van der Waals surface area contributed by atoms with Gasteiger partial charge >= 0.3 is 5.97 Å². The highest BCUT2D eigenvalue weighted by Gasteiger charge is 2.09. The minimum absolute atomic E-state index is 0.303. The Balaban J connectivity index is 3.75. The van der Waals surface area contributed by atoms with Crippen molar-refractivity contribution in [1.29, 1.82) is 0 Å². The first-order chi connectivity index (χ1) is 13.0. The van der Waals surface area contributed by atoms with Gasteiger partial charge < -0.3 is 5.11 Å². The van der Waals surface area contributed by atoms with Gasteiger partial charge in [-0.2, -0.15) is 0 Å². The smallest absolute Gasteiger partial charge is 0.303 e. The van der Waals surface area contributed by atoms with Crippen LogP contribution in [0.1, 0.15) is 98.3 Å². The van der Waals surface area contributed by atoms with E-state index in [0.29, 0.717) is 12.3 Å². The van der Waals surface area contributed by atoms with Gasteiger partial charge in [0.05, 0.1) is 0 Å². The zero-order valence-electron chi connectivity index (χ0n) is 18.3. The summed E-state index contributed by atoms with van der Waals surface area (Å²) in [5.41, 5.74) is 0. The average Bonchev–Trinajstić information content (AvgIpc) is 2.63. The van der Waals surface area contributed by atoms with Gasteiger partial charge in [0.1, 0.15) is 0 Å². The Labute approximate surface area is 168 Å². The van der Waals surface area contributed by atoms with Crippen LogP contribution in [-0.2, 0) is 4.79 Å². The van der Waals surface area contributed by atoms with E-state index in [1.54, 1.807) is 0 Å². The second-order valence-corrected chi connectivity index (χ2v) is 8.18. The maximum atomic E-state index is 10.5. The molecule has 3 unspecified atom stereocenters.